The van der Waals surface area contributed by atoms with Crippen molar-refractivity contribution in [3.8, 4) is 0 Å². The fourth-order valence-electron chi connectivity index (χ4n) is 2.60. The minimum atomic E-state index is -0.230. The topological polar surface area (TPSA) is 71.0 Å². The molecule has 3 N–H and O–H groups in total. The molecule has 2 rings (SSSR count). The van der Waals surface area contributed by atoms with Crippen molar-refractivity contribution < 1.29 is 5.11 Å². The number of azo groups is 1. The maximum Gasteiger partial charge on any atom is 0.0966 e. The second-order valence-corrected chi connectivity index (χ2v) is 4.94. The van der Waals surface area contributed by atoms with Gasteiger partial charge in [0.15, 0.2) is 0 Å². The van der Waals surface area contributed by atoms with Gasteiger partial charge in [-0.2, -0.15) is 10.2 Å². The molecule has 0 saturated heterocycles. The minimum absolute atomic E-state index is 0.0978. The van der Waals surface area contributed by atoms with Gasteiger partial charge in [-0.15, -0.1) is 0 Å². The molecule has 142 valence electrons. The third-order valence-electron chi connectivity index (χ3n) is 3.65. The number of rotatable bonds is 2. The molecule has 0 aromatic heterocycles. The lowest BCUT2D eigenvalue weighted by atomic mass is 9.93. The standard InChI is InChI=1S/C12H22N2O.3C2H6.CH5N/c15-12-9-5-4-8-11(12)14-13-10-6-2-1-3-7-10;4*1-2/h10-12,15H,1-9H2;3*1-2H3;2H2,1H3. The van der Waals surface area contributed by atoms with E-state index < -0.39 is 0 Å². The molecule has 2 aliphatic rings. The molecule has 0 aliphatic heterocycles. The number of hydrogen-bond acceptors (Lipinski definition) is 4. The molecule has 0 radical (unpaired) electrons. The van der Waals surface area contributed by atoms with E-state index in [0.717, 1.165) is 19.3 Å². The summed E-state index contributed by atoms with van der Waals surface area (Å²) >= 11 is 0. The summed E-state index contributed by atoms with van der Waals surface area (Å²) < 4.78 is 0. The molecule has 23 heavy (non-hydrogen) atoms. The van der Waals surface area contributed by atoms with Crippen LogP contribution in [0.1, 0.15) is 99.3 Å². The highest BCUT2D eigenvalue weighted by atomic mass is 16.3. The number of aliphatic hydroxyl groups is 1. The predicted octanol–water partition coefficient (Wildman–Crippen LogP) is 5.73. The van der Waals surface area contributed by atoms with Crippen LogP contribution in [0.2, 0.25) is 0 Å². The molecule has 0 heterocycles. The van der Waals surface area contributed by atoms with Crippen LogP contribution in [0, 0.1) is 0 Å². The number of hydrogen-bond donors (Lipinski definition) is 2. The number of nitrogens with zero attached hydrogens (tertiary/aromatic N) is 2. The molecule has 0 spiro atoms. The van der Waals surface area contributed by atoms with Crippen LogP contribution < -0.4 is 5.73 Å². The van der Waals surface area contributed by atoms with Gasteiger partial charge in [-0.1, -0.05) is 73.6 Å². The first kappa shape index (κ1) is 27.4. The van der Waals surface area contributed by atoms with Crippen LogP contribution in [-0.4, -0.2) is 30.3 Å². The normalized spacial score (nSPS) is 23.7. The summed E-state index contributed by atoms with van der Waals surface area (Å²) in [4.78, 5) is 0. The van der Waals surface area contributed by atoms with E-state index in [4.69, 9.17) is 0 Å². The Hall–Kier alpha value is -0.480. The van der Waals surface area contributed by atoms with Crippen LogP contribution in [0.3, 0.4) is 0 Å². The van der Waals surface area contributed by atoms with Crippen molar-refractivity contribution in [2.75, 3.05) is 7.05 Å². The van der Waals surface area contributed by atoms with Gasteiger partial charge in [0.05, 0.1) is 18.2 Å². The monoisotopic (exact) mass is 331 g/mol. The van der Waals surface area contributed by atoms with Gasteiger partial charge in [0.25, 0.3) is 0 Å². The Balaban J connectivity index is -0.000000438. The van der Waals surface area contributed by atoms with Crippen LogP contribution >= 0.6 is 0 Å². The van der Waals surface area contributed by atoms with E-state index in [1.807, 2.05) is 41.5 Å². The highest BCUT2D eigenvalue weighted by Crippen LogP contribution is 2.24. The molecule has 2 atom stereocenters. The lowest BCUT2D eigenvalue weighted by Crippen LogP contribution is -2.28. The average molecular weight is 332 g/mol. The molecule has 4 nitrogen and oxygen atoms in total. The SMILES string of the molecule is CC.CC.CC.CN.OC1CCCCC1N=NC1CCCCC1. The Labute approximate surface area is 146 Å². The zero-order valence-electron chi connectivity index (χ0n) is 17.0. The Morgan fingerprint density at radius 2 is 1.09 bits per heavy atom. The van der Waals surface area contributed by atoms with E-state index in [9.17, 15) is 5.11 Å². The molecular weight excluding hydrogens is 286 g/mol. The van der Waals surface area contributed by atoms with E-state index >= 15 is 0 Å². The van der Waals surface area contributed by atoms with Crippen LogP contribution in [0.15, 0.2) is 10.2 Å². The van der Waals surface area contributed by atoms with Crippen LogP contribution in [0.25, 0.3) is 0 Å². The van der Waals surface area contributed by atoms with Gasteiger partial charge < -0.3 is 10.8 Å². The zero-order chi connectivity index (χ0) is 18.5. The highest BCUT2D eigenvalue weighted by Gasteiger charge is 2.23. The third-order valence-corrected chi connectivity index (χ3v) is 3.65. The molecule has 0 aromatic carbocycles. The van der Waals surface area contributed by atoms with Crippen molar-refractivity contribution >= 4 is 0 Å². The summed E-state index contributed by atoms with van der Waals surface area (Å²) in [5, 5.41) is 18.5. The summed E-state index contributed by atoms with van der Waals surface area (Å²) in [5.74, 6) is 0. The van der Waals surface area contributed by atoms with Crippen LogP contribution in [-0.2, 0) is 0 Å². The first-order chi connectivity index (χ1) is 11.4. The van der Waals surface area contributed by atoms with Gasteiger partial charge >= 0.3 is 0 Å². The summed E-state index contributed by atoms with van der Waals surface area (Å²) in [6.45, 7) is 12.0. The van der Waals surface area contributed by atoms with Crippen LogP contribution in [0.4, 0.5) is 0 Å². The molecular formula is C19H45N3O. The molecule has 2 fully saturated rings. The average Bonchev–Trinajstić information content (AvgIpc) is 2.68. The first-order valence-corrected chi connectivity index (χ1v) is 10.0. The molecule has 4 heteroatoms. The summed E-state index contributed by atoms with van der Waals surface area (Å²) in [5.41, 5.74) is 4.50. The quantitative estimate of drug-likeness (QED) is 0.634. The number of aliphatic hydroxyl groups excluding tert-OH is 1. The van der Waals surface area contributed by atoms with E-state index in [-0.39, 0.29) is 12.1 Å². The van der Waals surface area contributed by atoms with E-state index in [1.165, 1.54) is 45.6 Å². The minimum Gasteiger partial charge on any atom is -0.391 e. The molecule has 0 aromatic rings. The van der Waals surface area contributed by atoms with E-state index in [0.29, 0.717) is 6.04 Å². The lowest BCUT2D eigenvalue weighted by molar-refractivity contribution is 0.105. The molecule has 0 bridgehead atoms. The second kappa shape index (κ2) is 23.8. The Kier molecular flexibility index (Phi) is 28.3. The molecule has 2 aliphatic carbocycles. The summed E-state index contributed by atoms with van der Waals surface area (Å²) in [6.07, 6.45) is 10.4. The maximum absolute atomic E-state index is 9.74. The first-order valence-electron chi connectivity index (χ1n) is 10.0. The predicted molar refractivity (Wildman–Crippen MR) is 104 cm³/mol. The summed E-state index contributed by atoms with van der Waals surface area (Å²) in [7, 11) is 1.50. The van der Waals surface area contributed by atoms with Crippen molar-refractivity contribution in [1.82, 2.24) is 0 Å². The van der Waals surface area contributed by atoms with Crippen molar-refractivity contribution in [1.29, 1.82) is 0 Å². The highest BCUT2D eigenvalue weighted by molar-refractivity contribution is 4.80. The number of nitrogens with two attached hydrogens (primary N) is 1. The zero-order valence-corrected chi connectivity index (χ0v) is 17.0. The van der Waals surface area contributed by atoms with Gasteiger partial charge in [0, 0.05) is 0 Å². The Morgan fingerprint density at radius 1 is 0.652 bits per heavy atom. The molecule has 2 unspecified atom stereocenters. The van der Waals surface area contributed by atoms with Gasteiger partial charge in [-0.3, -0.25) is 0 Å². The van der Waals surface area contributed by atoms with Crippen molar-refractivity contribution in [2.24, 2.45) is 16.0 Å². The lowest BCUT2D eigenvalue weighted by Gasteiger charge is -2.24. The van der Waals surface area contributed by atoms with Crippen molar-refractivity contribution in [3.63, 3.8) is 0 Å². The van der Waals surface area contributed by atoms with Gasteiger partial charge in [0.1, 0.15) is 0 Å². The molecule has 2 saturated carbocycles. The third kappa shape index (κ3) is 14.8. The smallest absolute Gasteiger partial charge is 0.0966 e. The second-order valence-electron chi connectivity index (χ2n) is 4.94. The fraction of sp³-hybridized carbons (Fsp3) is 1.00. The Morgan fingerprint density at radius 3 is 1.57 bits per heavy atom. The molecule has 0 amide bonds. The van der Waals surface area contributed by atoms with Gasteiger partial charge in [-0.25, -0.2) is 0 Å². The fourth-order valence-corrected chi connectivity index (χ4v) is 2.60. The van der Waals surface area contributed by atoms with Gasteiger partial charge in [-0.05, 0) is 32.7 Å². The van der Waals surface area contributed by atoms with Gasteiger partial charge in [0.2, 0.25) is 0 Å². The Bertz CT molecular complexity index is 217. The van der Waals surface area contributed by atoms with Crippen LogP contribution in [0.5, 0.6) is 0 Å². The van der Waals surface area contributed by atoms with E-state index in [2.05, 4.69) is 16.0 Å². The van der Waals surface area contributed by atoms with E-state index in [1.54, 1.807) is 0 Å². The van der Waals surface area contributed by atoms with Crippen molar-refractivity contribution in [3.05, 3.63) is 0 Å². The maximum atomic E-state index is 9.74. The van der Waals surface area contributed by atoms with Crippen molar-refractivity contribution in [2.45, 2.75) is 118 Å². The largest absolute Gasteiger partial charge is 0.391 e. The summed E-state index contributed by atoms with van der Waals surface area (Å²) in [6, 6.07) is 0.550.